The van der Waals surface area contributed by atoms with Gasteiger partial charge in [-0.05, 0) is 52.3 Å². The van der Waals surface area contributed by atoms with Crippen molar-refractivity contribution in [2.45, 2.75) is 13.0 Å². The van der Waals surface area contributed by atoms with Crippen LogP contribution in [-0.4, -0.2) is 6.54 Å². The minimum absolute atomic E-state index is 0.182. The van der Waals surface area contributed by atoms with Crippen LogP contribution in [-0.2, 0) is 0 Å². The molecule has 2 rings (SSSR count). The summed E-state index contributed by atoms with van der Waals surface area (Å²) in [6, 6.07) is 10.1. The molecule has 0 aliphatic rings. The Hall–Kier alpha value is -0.610. The molecule has 1 unspecified atom stereocenters. The maximum atomic E-state index is 13.4. The molecule has 0 saturated heterocycles. The first-order valence-electron chi connectivity index (χ1n) is 6.16. The largest absolute Gasteiger partial charge is 0.306 e. The van der Waals surface area contributed by atoms with E-state index < -0.39 is 0 Å². The lowest BCUT2D eigenvalue weighted by Gasteiger charge is -2.21. The monoisotopic (exact) mass is 375 g/mol. The number of benzene rings is 2. The predicted molar refractivity (Wildman–Crippen MR) is 86.1 cm³/mol. The first kappa shape index (κ1) is 15.8. The third kappa shape index (κ3) is 3.34. The topological polar surface area (TPSA) is 12.0 Å². The normalized spacial score (nSPS) is 12.4. The molecule has 20 heavy (non-hydrogen) atoms. The van der Waals surface area contributed by atoms with Crippen LogP contribution in [0.4, 0.5) is 4.39 Å². The van der Waals surface area contributed by atoms with E-state index in [1.54, 1.807) is 30.3 Å². The Morgan fingerprint density at radius 1 is 1.20 bits per heavy atom. The lowest BCUT2D eigenvalue weighted by Crippen LogP contribution is -2.22. The van der Waals surface area contributed by atoms with Gasteiger partial charge in [0.2, 0.25) is 0 Å². The van der Waals surface area contributed by atoms with E-state index in [0.717, 1.165) is 17.7 Å². The molecule has 0 bridgehead atoms. The van der Waals surface area contributed by atoms with Crippen molar-refractivity contribution in [2.75, 3.05) is 6.54 Å². The molecule has 0 heterocycles. The first-order chi connectivity index (χ1) is 9.54. The van der Waals surface area contributed by atoms with E-state index in [4.69, 9.17) is 23.2 Å². The van der Waals surface area contributed by atoms with E-state index in [1.165, 1.54) is 6.07 Å². The smallest absolute Gasteiger partial charge is 0.137 e. The summed E-state index contributed by atoms with van der Waals surface area (Å²) in [6.07, 6.45) is 0. The number of rotatable bonds is 4. The van der Waals surface area contributed by atoms with Crippen LogP contribution in [0.3, 0.4) is 0 Å². The van der Waals surface area contributed by atoms with Crippen LogP contribution in [0.1, 0.15) is 24.1 Å². The molecule has 0 fully saturated rings. The molecule has 1 nitrogen and oxygen atoms in total. The number of hydrogen-bond acceptors (Lipinski definition) is 1. The van der Waals surface area contributed by atoms with Crippen LogP contribution in [0, 0.1) is 5.82 Å². The van der Waals surface area contributed by atoms with Crippen molar-refractivity contribution >= 4 is 39.1 Å². The van der Waals surface area contributed by atoms with Gasteiger partial charge >= 0.3 is 0 Å². The summed E-state index contributed by atoms with van der Waals surface area (Å²) >= 11 is 15.7. The minimum Gasteiger partial charge on any atom is -0.306 e. The Kier molecular flexibility index (Phi) is 5.44. The summed E-state index contributed by atoms with van der Waals surface area (Å²) in [6.45, 7) is 2.73. The van der Waals surface area contributed by atoms with Gasteiger partial charge in [-0.25, -0.2) is 4.39 Å². The Morgan fingerprint density at radius 3 is 2.40 bits per heavy atom. The SMILES string of the molecule is CCNC(c1ccc(F)c(Br)c1)c1c(Cl)cccc1Cl. The zero-order valence-corrected chi connectivity index (χ0v) is 13.9. The molecule has 1 N–H and O–H groups in total. The van der Waals surface area contributed by atoms with Crippen molar-refractivity contribution in [3.63, 3.8) is 0 Å². The summed E-state index contributed by atoms with van der Waals surface area (Å²) in [5.41, 5.74) is 1.70. The summed E-state index contributed by atoms with van der Waals surface area (Å²) in [7, 11) is 0. The quantitative estimate of drug-likeness (QED) is 0.732. The Labute approximate surface area is 136 Å². The van der Waals surface area contributed by atoms with Gasteiger partial charge in [0.15, 0.2) is 0 Å². The van der Waals surface area contributed by atoms with Gasteiger partial charge in [0.25, 0.3) is 0 Å². The Morgan fingerprint density at radius 2 is 1.85 bits per heavy atom. The number of nitrogens with one attached hydrogen (secondary N) is 1. The zero-order valence-electron chi connectivity index (χ0n) is 10.8. The third-order valence-electron chi connectivity index (χ3n) is 2.97. The van der Waals surface area contributed by atoms with Crippen LogP contribution < -0.4 is 5.32 Å². The molecule has 0 saturated carbocycles. The fourth-order valence-corrected chi connectivity index (χ4v) is 3.08. The van der Waals surface area contributed by atoms with Gasteiger partial charge in [0.1, 0.15) is 5.82 Å². The molecule has 0 amide bonds. The highest BCUT2D eigenvalue weighted by atomic mass is 79.9. The van der Waals surface area contributed by atoms with Gasteiger partial charge in [-0.2, -0.15) is 0 Å². The minimum atomic E-state index is -0.297. The maximum absolute atomic E-state index is 13.4. The zero-order chi connectivity index (χ0) is 14.7. The molecule has 0 aliphatic heterocycles. The molecule has 0 aromatic heterocycles. The van der Waals surface area contributed by atoms with E-state index in [1.807, 2.05) is 6.92 Å². The van der Waals surface area contributed by atoms with E-state index in [-0.39, 0.29) is 11.9 Å². The highest BCUT2D eigenvalue weighted by Gasteiger charge is 2.20. The molecular weight excluding hydrogens is 364 g/mol. The van der Waals surface area contributed by atoms with E-state index in [9.17, 15) is 4.39 Å². The van der Waals surface area contributed by atoms with Gasteiger partial charge in [-0.3, -0.25) is 0 Å². The second-order valence-electron chi connectivity index (χ2n) is 4.30. The van der Waals surface area contributed by atoms with E-state index in [0.29, 0.717) is 14.5 Å². The number of halogens is 4. The average Bonchev–Trinajstić information content (AvgIpc) is 2.41. The van der Waals surface area contributed by atoms with Crippen LogP contribution in [0.5, 0.6) is 0 Å². The Bertz CT molecular complexity index is 599. The van der Waals surface area contributed by atoms with Crippen molar-refractivity contribution in [3.05, 3.63) is 67.9 Å². The van der Waals surface area contributed by atoms with Gasteiger partial charge < -0.3 is 5.32 Å². The summed E-state index contributed by atoms with van der Waals surface area (Å²) in [5, 5.41) is 4.51. The number of hydrogen-bond donors (Lipinski definition) is 1. The van der Waals surface area contributed by atoms with Crippen LogP contribution >= 0.6 is 39.1 Å². The van der Waals surface area contributed by atoms with Crippen LogP contribution in [0.15, 0.2) is 40.9 Å². The molecule has 0 aliphatic carbocycles. The molecule has 2 aromatic rings. The van der Waals surface area contributed by atoms with Crippen LogP contribution in [0.25, 0.3) is 0 Å². The van der Waals surface area contributed by atoms with Crippen molar-refractivity contribution in [3.8, 4) is 0 Å². The van der Waals surface area contributed by atoms with E-state index >= 15 is 0 Å². The van der Waals surface area contributed by atoms with Gasteiger partial charge in [-0.1, -0.05) is 42.3 Å². The van der Waals surface area contributed by atoms with E-state index in [2.05, 4.69) is 21.2 Å². The highest BCUT2D eigenvalue weighted by Crippen LogP contribution is 2.35. The fourth-order valence-electron chi connectivity index (χ4n) is 2.07. The summed E-state index contributed by atoms with van der Waals surface area (Å²) < 4.78 is 13.8. The van der Waals surface area contributed by atoms with Crippen molar-refractivity contribution in [1.82, 2.24) is 5.32 Å². The standard InChI is InChI=1S/C15H13BrCl2FN/c1-2-20-15(9-6-7-13(19)10(16)8-9)14-11(17)4-3-5-12(14)18/h3-8,15,20H,2H2,1H3. The Balaban J connectivity index is 2.53. The second kappa shape index (κ2) is 6.90. The summed E-state index contributed by atoms with van der Waals surface area (Å²) in [4.78, 5) is 0. The molecule has 1 atom stereocenters. The maximum Gasteiger partial charge on any atom is 0.137 e. The predicted octanol–water partition coefficient (Wildman–Crippen LogP) is 5.59. The van der Waals surface area contributed by atoms with Crippen molar-refractivity contribution < 1.29 is 4.39 Å². The molecule has 5 heteroatoms. The van der Waals surface area contributed by atoms with Crippen LogP contribution in [0.2, 0.25) is 10.0 Å². The van der Waals surface area contributed by atoms with Gasteiger partial charge in [0.05, 0.1) is 10.5 Å². The lowest BCUT2D eigenvalue weighted by atomic mass is 9.98. The molecule has 2 aromatic carbocycles. The van der Waals surface area contributed by atoms with Crippen molar-refractivity contribution in [1.29, 1.82) is 0 Å². The lowest BCUT2D eigenvalue weighted by molar-refractivity contribution is 0.608. The fraction of sp³-hybridized carbons (Fsp3) is 0.200. The van der Waals surface area contributed by atoms with Gasteiger partial charge in [0, 0.05) is 15.6 Å². The van der Waals surface area contributed by atoms with Crippen molar-refractivity contribution in [2.24, 2.45) is 0 Å². The molecular formula is C15H13BrCl2FN. The summed E-state index contributed by atoms with van der Waals surface area (Å²) in [5.74, 6) is -0.297. The first-order valence-corrected chi connectivity index (χ1v) is 7.71. The average molecular weight is 377 g/mol. The molecule has 0 spiro atoms. The molecule has 106 valence electrons. The van der Waals surface area contributed by atoms with Gasteiger partial charge in [-0.15, -0.1) is 0 Å². The highest BCUT2D eigenvalue weighted by molar-refractivity contribution is 9.10. The second-order valence-corrected chi connectivity index (χ2v) is 5.97. The molecule has 0 radical (unpaired) electrons. The third-order valence-corrected chi connectivity index (χ3v) is 4.24.